The number of anilines is 1. The Hall–Kier alpha value is -1.02. The Balaban J connectivity index is 2.87. The molecule has 0 saturated carbocycles. The van der Waals surface area contributed by atoms with E-state index >= 15 is 0 Å². The molecule has 0 aromatic heterocycles. The van der Waals surface area contributed by atoms with Gasteiger partial charge in [-0.05, 0) is 37.8 Å². The molecule has 0 heterocycles. The van der Waals surface area contributed by atoms with E-state index in [9.17, 15) is 0 Å². The van der Waals surface area contributed by atoms with E-state index < -0.39 is 0 Å². The van der Waals surface area contributed by atoms with Gasteiger partial charge in [-0.15, -0.1) is 0 Å². The summed E-state index contributed by atoms with van der Waals surface area (Å²) in [6.45, 7) is 11.8. The van der Waals surface area contributed by atoms with Crippen molar-refractivity contribution in [3.8, 4) is 0 Å². The van der Waals surface area contributed by atoms with Gasteiger partial charge in [0.1, 0.15) is 0 Å². The van der Waals surface area contributed by atoms with Crippen LogP contribution in [0, 0.1) is 19.3 Å². The van der Waals surface area contributed by atoms with Crippen LogP contribution in [0.15, 0.2) is 18.2 Å². The molecule has 0 saturated heterocycles. The molecule has 1 aromatic rings. The molecule has 0 aliphatic rings. The predicted octanol–water partition coefficient (Wildman–Crippen LogP) is 3.11. The lowest BCUT2D eigenvalue weighted by atomic mass is 9.85. The summed E-state index contributed by atoms with van der Waals surface area (Å²) in [6, 6.07) is 6.78. The highest BCUT2D eigenvalue weighted by Gasteiger charge is 2.25. The molecule has 2 nitrogen and oxygen atoms in total. The zero-order chi connectivity index (χ0) is 13.2. The summed E-state index contributed by atoms with van der Waals surface area (Å²) in [7, 11) is 2.14. The fourth-order valence-electron chi connectivity index (χ4n) is 2.07. The molecule has 2 heteroatoms. The smallest absolute Gasteiger partial charge is 0.0393 e. The number of nitrogens with zero attached hydrogens (tertiary/aromatic N) is 1. The van der Waals surface area contributed by atoms with E-state index in [0.29, 0.717) is 0 Å². The van der Waals surface area contributed by atoms with Gasteiger partial charge >= 0.3 is 0 Å². The largest absolute Gasteiger partial charge is 0.374 e. The minimum atomic E-state index is 0.117. The first-order valence-corrected chi connectivity index (χ1v) is 6.28. The monoisotopic (exact) mass is 234 g/mol. The highest BCUT2D eigenvalue weighted by Crippen LogP contribution is 2.26. The summed E-state index contributed by atoms with van der Waals surface area (Å²) in [6.07, 6.45) is 0. The first-order valence-electron chi connectivity index (χ1n) is 6.28. The Bertz CT molecular complexity index is 381. The van der Waals surface area contributed by atoms with Gasteiger partial charge in [0.25, 0.3) is 0 Å². The Labute approximate surface area is 106 Å². The molecule has 1 atom stereocenters. The SMILES string of the molecule is Cc1ccc(N(C)CC(C)(C)C(C)N)c(C)c1. The number of rotatable bonds is 4. The van der Waals surface area contributed by atoms with Crippen molar-refractivity contribution in [1.29, 1.82) is 0 Å². The van der Waals surface area contributed by atoms with E-state index in [0.717, 1.165) is 6.54 Å². The van der Waals surface area contributed by atoms with Crippen molar-refractivity contribution in [2.45, 2.75) is 40.7 Å². The van der Waals surface area contributed by atoms with Crippen LogP contribution in [0.25, 0.3) is 0 Å². The summed E-state index contributed by atoms with van der Waals surface area (Å²) in [4.78, 5) is 2.30. The molecule has 0 fully saturated rings. The second-order valence-electron chi connectivity index (χ2n) is 5.92. The molecule has 0 aliphatic heterocycles. The zero-order valence-electron chi connectivity index (χ0n) is 12.0. The number of aryl methyl sites for hydroxylation is 2. The molecule has 0 bridgehead atoms. The van der Waals surface area contributed by atoms with Gasteiger partial charge in [-0.2, -0.15) is 0 Å². The van der Waals surface area contributed by atoms with Crippen LogP contribution in [-0.2, 0) is 0 Å². The second-order valence-corrected chi connectivity index (χ2v) is 5.92. The Morgan fingerprint density at radius 2 is 1.88 bits per heavy atom. The fourth-order valence-corrected chi connectivity index (χ4v) is 2.07. The summed E-state index contributed by atoms with van der Waals surface area (Å²) >= 11 is 0. The molecule has 0 radical (unpaired) electrons. The normalized spacial score (nSPS) is 13.6. The maximum Gasteiger partial charge on any atom is 0.0393 e. The summed E-state index contributed by atoms with van der Waals surface area (Å²) in [5.74, 6) is 0. The van der Waals surface area contributed by atoms with E-state index in [1.165, 1.54) is 16.8 Å². The Kier molecular flexibility index (Phi) is 4.21. The average Bonchev–Trinajstić information content (AvgIpc) is 2.15. The third-order valence-electron chi connectivity index (χ3n) is 3.64. The molecule has 17 heavy (non-hydrogen) atoms. The van der Waals surface area contributed by atoms with E-state index in [1.54, 1.807) is 0 Å². The molecule has 2 N–H and O–H groups in total. The molecule has 0 amide bonds. The topological polar surface area (TPSA) is 29.3 Å². The third-order valence-corrected chi connectivity index (χ3v) is 3.64. The Morgan fingerprint density at radius 1 is 1.29 bits per heavy atom. The van der Waals surface area contributed by atoms with Crippen LogP contribution >= 0.6 is 0 Å². The second kappa shape index (κ2) is 5.09. The van der Waals surface area contributed by atoms with Crippen molar-refractivity contribution in [3.63, 3.8) is 0 Å². The van der Waals surface area contributed by atoms with Gasteiger partial charge in [0, 0.05) is 25.3 Å². The average molecular weight is 234 g/mol. The van der Waals surface area contributed by atoms with Crippen molar-refractivity contribution < 1.29 is 0 Å². The lowest BCUT2D eigenvalue weighted by Gasteiger charge is -2.35. The number of nitrogens with two attached hydrogens (primary N) is 1. The van der Waals surface area contributed by atoms with E-state index in [2.05, 4.69) is 64.8 Å². The van der Waals surface area contributed by atoms with Crippen LogP contribution in [0.3, 0.4) is 0 Å². The van der Waals surface area contributed by atoms with E-state index in [-0.39, 0.29) is 11.5 Å². The maximum atomic E-state index is 6.03. The van der Waals surface area contributed by atoms with Crippen molar-refractivity contribution >= 4 is 5.69 Å². The van der Waals surface area contributed by atoms with Crippen LogP contribution < -0.4 is 10.6 Å². The lowest BCUT2D eigenvalue weighted by Crippen LogP contribution is -2.43. The van der Waals surface area contributed by atoms with Crippen LogP contribution in [0.2, 0.25) is 0 Å². The van der Waals surface area contributed by atoms with E-state index in [4.69, 9.17) is 5.73 Å². The highest BCUT2D eigenvalue weighted by atomic mass is 15.1. The van der Waals surface area contributed by atoms with Gasteiger partial charge in [0.15, 0.2) is 0 Å². The van der Waals surface area contributed by atoms with Crippen molar-refractivity contribution in [2.75, 3.05) is 18.5 Å². The van der Waals surface area contributed by atoms with Gasteiger partial charge in [0.05, 0.1) is 0 Å². The standard InChI is InChI=1S/C15H26N2/c1-11-7-8-14(12(2)9-11)17(6)10-15(4,5)13(3)16/h7-9,13H,10,16H2,1-6H3. The maximum absolute atomic E-state index is 6.03. The minimum absolute atomic E-state index is 0.117. The molecule has 0 aliphatic carbocycles. The first kappa shape index (κ1) is 14.0. The summed E-state index contributed by atoms with van der Waals surface area (Å²) in [5.41, 5.74) is 10.1. The molecule has 1 aromatic carbocycles. The highest BCUT2D eigenvalue weighted by molar-refractivity contribution is 5.53. The van der Waals surface area contributed by atoms with Crippen LogP contribution in [0.1, 0.15) is 31.9 Å². The van der Waals surface area contributed by atoms with Crippen LogP contribution in [0.5, 0.6) is 0 Å². The van der Waals surface area contributed by atoms with Gasteiger partial charge in [-0.3, -0.25) is 0 Å². The Morgan fingerprint density at radius 3 is 2.35 bits per heavy atom. The molecular formula is C15H26N2. The summed E-state index contributed by atoms with van der Waals surface area (Å²) in [5, 5.41) is 0. The fraction of sp³-hybridized carbons (Fsp3) is 0.600. The van der Waals surface area contributed by atoms with Gasteiger partial charge in [-0.1, -0.05) is 31.5 Å². The number of hydrogen-bond acceptors (Lipinski definition) is 2. The third kappa shape index (κ3) is 3.47. The van der Waals surface area contributed by atoms with Gasteiger partial charge < -0.3 is 10.6 Å². The number of benzene rings is 1. The lowest BCUT2D eigenvalue weighted by molar-refractivity contribution is 0.308. The minimum Gasteiger partial charge on any atom is -0.374 e. The summed E-state index contributed by atoms with van der Waals surface area (Å²) < 4.78 is 0. The predicted molar refractivity (Wildman–Crippen MR) is 76.6 cm³/mol. The first-order chi connectivity index (χ1) is 7.74. The molecule has 0 spiro atoms. The zero-order valence-corrected chi connectivity index (χ0v) is 12.0. The van der Waals surface area contributed by atoms with Gasteiger partial charge in [0.2, 0.25) is 0 Å². The van der Waals surface area contributed by atoms with E-state index in [1.807, 2.05) is 0 Å². The van der Waals surface area contributed by atoms with Crippen molar-refractivity contribution in [2.24, 2.45) is 11.1 Å². The molecule has 1 rings (SSSR count). The molecule has 96 valence electrons. The van der Waals surface area contributed by atoms with Crippen LogP contribution in [0.4, 0.5) is 5.69 Å². The number of hydrogen-bond donors (Lipinski definition) is 1. The quantitative estimate of drug-likeness (QED) is 0.867. The molecule has 1 unspecified atom stereocenters. The van der Waals surface area contributed by atoms with Crippen LogP contribution in [-0.4, -0.2) is 19.6 Å². The van der Waals surface area contributed by atoms with Crippen molar-refractivity contribution in [1.82, 2.24) is 0 Å². The molecular weight excluding hydrogens is 208 g/mol. The van der Waals surface area contributed by atoms with Crippen molar-refractivity contribution in [3.05, 3.63) is 29.3 Å². The van der Waals surface area contributed by atoms with Gasteiger partial charge in [-0.25, -0.2) is 0 Å².